The normalized spacial score (nSPS) is 45.3. The third kappa shape index (κ3) is 3.71. The van der Waals surface area contributed by atoms with E-state index in [1.807, 2.05) is 0 Å². The summed E-state index contributed by atoms with van der Waals surface area (Å²) in [6, 6.07) is 6.70. The van der Waals surface area contributed by atoms with Crippen LogP contribution in [0.2, 0.25) is 63.9 Å². The number of halogens is 2. The third-order valence-electron chi connectivity index (χ3n) is 12.2. The van der Waals surface area contributed by atoms with Gasteiger partial charge in [-0.15, -0.1) is 0 Å². The van der Waals surface area contributed by atoms with Gasteiger partial charge in [0.2, 0.25) is 0 Å². The van der Waals surface area contributed by atoms with Crippen LogP contribution in [-0.4, -0.2) is 16.1 Å². The van der Waals surface area contributed by atoms with E-state index in [2.05, 4.69) is 61.7 Å². The largest absolute Gasteiger partial charge is 1.00 e. The molecule has 0 N–H and O–H groups in total. The van der Waals surface area contributed by atoms with Crippen LogP contribution in [0.5, 0.6) is 0 Å². The van der Waals surface area contributed by atoms with Crippen molar-refractivity contribution in [3.63, 3.8) is 0 Å². The summed E-state index contributed by atoms with van der Waals surface area (Å²) in [4.78, 5) is 0. The van der Waals surface area contributed by atoms with E-state index >= 15 is 0 Å². The van der Waals surface area contributed by atoms with Crippen molar-refractivity contribution in [2.24, 2.45) is 23.7 Å². The molecule has 8 atom stereocenters. The number of hydrogen-bond donors (Lipinski definition) is 0. The first-order valence-electron chi connectivity index (χ1n) is 13.7. The Labute approximate surface area is 221 Å². The second-order valence-electron chi connectivity index (χ2n) is 13.5. The molecule has 0 radical (unpaired) electrons. The quantitative estimate of drug-likeness (QED) is 0.438. The van der Waals surface area contributed by atoms with Crippen molar-refractivity contribution < 1.29 is 45.1 Å². The summed E-state index contributed by atoms with van der Waals surface area (Å²) < 4.78 is 6.14. The van der Waals surface area contributed by atoms with E-state index in [-0.39, 0.29) is 24.8 Å². The van der Waals surface area contributed by atoms with Gasteiger partial charge in [-0.2, -0.15) is 0 Å². The van der Waals surface area contributed by atoms with Crippen LogP contribution in [-0.2, 0) is 20.3 Å². The summed E-state index contributed by atoms with van der Waals surface area (Å²) in [7, 11) is -2.01. The fraction of sp³-hybridized carbons (Fsp3) is 0.714. The van der Waals surface area contributed by atoms with Crippen molar-refractivity contribution in [3.05, 3.63) is 48.6 Å². The Kier molecular flexibility index (Phi) is 6.96. The van der Waals surface area contributed by atoms with Gasteiger partial charge in [-0.25, -0.2) is 0 Å². The van der Waals surface area contributed by atoms with E-state index in [0.717, 1.165) is 23.7 Å². The van der Waals surface area contributed by atoms with Crippen LogP contribution in [0.1, 0.15) is 25.7 Å². The van der Waals surface area contributed by atoms with E-state index in [4.69, 9.17) is 0 Å². The van der Waals surface area contributed by atoms with E-state index in [9.17, 15) is 0 Å². The maximum atomic E-state index is 2.87. The van der Waals surface area contributed by atoms with Crippen molar-refractivity contribution in [1.82, 2.24) is 0 Å². The molecular formula is C28H42Cl2Si2Zr. The van der Waals surface area contributed by atoms with Crippen LogP contribution in [0.3, 0.4) is 0 Å². The van der Waals surface area contributed by atoms with Gasteiger partial charge in [-0.3, -0.25) is 0 Å². The fourth-order valence-electron chi connectivity index (χ4n) is 10.4. The van der Waals surface area contributed by atoms with Gasteiger partial charge < -0.3 is 24.8 Å². The molecule has 7 rings (SSSR count). The molecule has 5 heteroatoms. The van der Waals surface area contributed by atoms with Gasteiger partial charge >= 0.3 is 198 Å². The molecule has 0 spiro atoms. The van der Waals surface area contributed by atoms with E-state index in [0.29, 0.717) is 0 Å². The molecule has 2 saturated carbocycles. The van der Waals surface area contributed by atoms with Crippen LogP contribution >= 0.6 is 0 Å². The molecule has 0 aromatic rings. The molecule has 0 aromatic carbocycles. The predicted molar refractivity (Wildman–Crippen MR) is 136 cm³/mol. The van der Waals surface area contributed by atoms with Gasteiger partial charge in [0, 0.05) is 0 Å². The zero-order valence-electron chi connectivity index (χ0n) is 20.6. The summed E-state index contributed by atoms with van der Waals surface area (Å²) in [5.41, 5.74) is 2.38. The molecular weight excluding hydrogens is 555 g/mol. The van der Waals surface area contributed by atoms with Gasteiger partial charge in [0.15, 0.2) is 0 Å². The van der Waals surface area contributed by atoms with Crippen LogP contribution in [0.25, 0.3) is 0 Å². The Bertz CT molecular complexity index is 814. The van der Waals surface area contributed by atoms with E-state index in [1.54, 1.807) is 58.1 Å². The second kappa shape index (κ2) is 9.00. The maximum absolute atomic E-state index is 2.87. The first kappa shape index (κ1) is 25.5. The average Bonchev–Trinajstić information content (AvgIpc) is 3.30. The Morgan fingerprint density at radius 1 is 0.606 bits per heavy atom. The monoisotopic (exact) mass is 594 g/mol. The van der Waals surface area contributed by atoms with Crippen molar-refractivity contribution >= 4 is 16.1 Å². The summed E-state index contributed by atoms with van der Waals surface area (Å²) in [5.74, 6) is 3.77. The number of hydrogen-bond acceptors (Lipinski definition) is 0. The average molecular weight is 597 g/mol. The first-order valence-corrected chi connectivity index (χ1v) is 26.0. The molecule has 3 aliphatic heterocycles. The molecule has 7 aliphatic rings. The molecule has 0 aromatic heterocycles. The summed E-state index contributed by atoms with van der Waals surface area (Å²) in [5, 5.41) is 0. The topological polar surface area (TPSA) is 0 Å². The minimum absolute atomic E-state index is 0. The Morgan fingerprint density at radius 3 is 1.33 bits per heavy atom. The van der Waals surface area contributed by atoms with Crippen LogP contribution < -0.4 is 24.8 Å². The zero-order chi connectivity index (χ0) is 20.8. The minimum atomic E-state index is -2.10. The zero-order valence-corrected chi connectivity index (χ0v) is 26.5. The van der Waals surface area contributed by atoms with Crippen molar-refractivity contribution in [2.45, 2.75) is 89.5 Å². The number of rotatable bonds is 4. The van der Waals surface area contributed by atoms with Gasteiger partial charge in [-0.1, -0.05) is 0 Å². The summed E-state index contributed by atoms with van der Waals surface area (Å²) in [6.07, 6.45) is 26.9. The molecule has 8 unspecified atom stereocenters. The van der Waals surface area contributed by atoms with Crippen LogP contribution in [0.4, 0.5) is 0 Å². The van der Waals surface area contributed by atoms with Crippen molar-refractivity contribution in [3.8, 4) is 0 Å². The van der Waals surface area contributed by atoms with Crippen LogP contribution in [0, 0.1) is 23.7 Å². The fourth-order valence-corrected chi connectivity index (χ4v) is 47.5. The number of fused-ring (bicyclic) bond motifs is 2. The summed E-state index contributed by atoms with van der Waals surface area (Å²) in [6.45, 7) is 5.73. The maximum Gasteiger partial charge on any atom is -1.00 e. The van der Waals surface area contributed by atoms with Gasteiger partial charge in [0.1, 0.15) is 0 Å². The third-order valence-corrected chi connectivity index (χ3v) is 38.9. The standard InChI is InChI=1S/2C13H19Si.C2H4.2ClH.Zr/c2*1-14(9-4-10-14)13-8-7-11-5-2-3-6-12(11)13;1-2;;;/h2*2-3,5-6,8,11-13H,4,7,9-10H2,1H3;1-2H2;2*1H;/q;;;;;+2/p-2. The molecule has 0 nitrogen and oxygen atoms in total. The Morgan fingerprint density at radius 2 is 1.00 bits per heavy atom. The molecule has 3 heterocycles. The predicted octanol–water partition coefficient (Wildman–Crippen LogP) is 2.80. The molecule has 5 fully saturated rings. The van der Waals surface area contributed by atoms with Gasteiger partial charge in [0.05, 0.1) is 0 Å². The molecule has 4 aliphatic carbocycles. The van der Waals surface area contributed by atoms with E-state index < -0.39 is 36.4 Å². The molecule has 33 heavy (non-hydrogen) atoms. The van der Waals surface area contributed by atoms with E-state index in [1.165, 1.54) is 18.3 Å². The molecule has 0 amide bonds. The Hall–Kier alpha value is 0.857. The number of allylic oxidation sites excluding steroid dienone is 8. The van der Waals surface area contributed by atoms with Crippen molar-refractivity contribution in [2.75, 3.05) is 0 Å². The van der Waals surface area contributed by atoms with Crippen molar-refractivity contribution in [1.29, 1.82) is 0 Å². The molecule has 180 valence electrons. The SMILES string of the molecule is C[Si]1(C2C3C=CC=CC3C[CH]2[Zr+2]2([CH]3CC4C=CC=CC4C3[Si]3(C)CCC3)[CH2][CH2]2)CCC1.[Cl-].[Cl-]. The minimum Gasteiger partial charge on any atom is -1.00 e. The van der Waals surface area contributed by atoms with Gasteiger partial charge in [0.25, 0.3) is 0 Å². The molecule has 3 saturated heterocycles. The second-order valence-corrected chi connectivity index (χ2v) is 35.6. The summed E-state index contributed by atoms with van der Waals surface area (Å²) >= 11 is -2.10. The van der Waals surface area contributed by atoms with Crippen LogP contribution in [0.15, 0.2) is 48.6 Å². The first-order chi connectivity index (χ1) is 15.0. The van der Waals surface area contributed by atoms with Gasteiger partial charge in [-0.05, 0) is 0 Å². The smallest absolute Gasteiger partial charge is 1.00 e. The Balaban J connectivity index is 0.00000114. The molecule has 0 bridgehead atoms.